The van der Waals surface area contributed by atoms with Gasteiger partial charge in [0.05, 0.1) is 0 Å². The highest BCUT2D eigenvalue weighted by Gasteiger charge is 2.33. The number of hydrogen-bond acceptors (Lipinski definition) is 0. The maximum absolute atomic E-state index is 2.37. The molecule has 0 atom stereocenters. The lowest BCUT2D eigenvalue weighted by atomic mass is 9.93. The van der Waals surface area contributed by atoms with Crippen LogP contribution in [-0.4, -0.2) is 0 Å². The van der Waals surface area contributed by atoms with E-state index in [2.05, 4.69) is 94.0 Å². The Hall–Kier alpha value is -3.19. The fraction of sp³-hybridized carbons (Fsp3) is 0.233. The van der Waals surface area contributed by atoms with E-state index in [0.29, 0.717) is 0 Å². The third kappa shape index (κ3) is 2.59. The summed E-state index contributed by atoms with van der Waals surface area (Å²) >= 11 is 0. The molecule has 1 heterocycles. The maximum Gasteiger partial charge on any atom is 0.216 e. The van der Waals surface area contributed by atoms with Gasteiger partial charge in [-0.2, -0.15) is 0 Å². The molecule has 0 spiro atoms. The van der Waals surface area contributed by atoms with E-state index >= 15 is 0 Å². The monoisotopic (exact) mass is 402 g/mol. The molecule has 2 aliphatic rings. The molecule has 3 aromatic carbocycles. The highest BCUT2D eigenvalue weighted by molar-refractivity contribution is 5.89. The van der Waals surface area contributed by atoms with Crippen molar-refractivity contribution in [2.75, 3.05) is 0 Å². The van der Waals surface area contributed by atoms with Crippen molar-refractivity contribution >= 4 is 0 Å². The fourth-order valence-electron chi connectivity index (χ4n) is 5.84. The van der Waals surface area contributed by atoms with Gasteiger partial charge in [-0.3, -0.25) is 0 Å². The molecule has 1 heteroatoms. The van der Waals surface area contributed by atoms with Crippen LogP contribution < -0.4 is 4.57 Å². The van der Waals surface area contributed by atoms with Crippen molar-refractivity contribution in [3.05, 3.63) is 99.2 Å². The second-order valence-electron chi connectivity index (χ2n) is 9.55. The minimum atomic E-state index is 1.03. The number of rotatable bonds is 1. The van der Waals surface area contributed by atoms with E-state index in [4.69, 9.17) is 0 Å². The molecule has 4 aromatic rings. The Morgan fingerprint density at radius 3 is 2.10 bits per heavy atom. The fourth-order valence-corrected chi connectivity index (χ4v) is 5.84. The third-order valence-electron chi connectivity index (χ3n) is 7.49. The minimum absolute atomic E-state index is 1.03. The molecule has 0 saturated carbocycles. The van der Waals surface area contributed by atoms with Crippen LogP contribution in [0.5, 0.6) is 0 Å². The van der Waals surface area contributed by atoms with Crippen LogP contribution in [0.2, 0.25) is 0 Å². The molecule has 1 aromatic heterocycles. The van der Waals surface area contributed by atoms with Crippen LogP contribution in [-0.2, 0) is 19.9 Å². The topological polar surface area (TPSA) is 3.88 Å². The minimum Gasteiger partial charge on any atom is -0.201 e. The summed E-state index contributed by atoms with van der Waals surface area (Å²) in [6.07, 6.45) is 4.33. The predicted molar refractivity (Wildman–Crippen MR) is 128 cm³/mol. The summed E-state index contributed by atoms with van der Waals surface area (Å²) in [7, 11) is 2.19. The van der Waals surface area contributed by atoms with Gasteiger partial charge in [0.2, 0.25) is 5.69 Å². The van der Waals surface area contributed by atoms with Gasteiger partial charge in [-0.1, -0.05) is 47.5 Å². The predicted octanol–water partition coefficient (Wildman–Crippen LogP) is 6.55. The van der Waals surface area contributed by atoms with E-state index in [1.807, 2.05) is 0 Å². The van der Waals surface area contributed by atoms with Gasteiger partial charge in [0, 0.05) is 23.6 Å². The van der Waals surface area contributed by atoms with Crippen LogP contribution in [0.4, 0.5) is 0 Å². The number of benzene rings is 3. The van der Waals surface area contributed by atoms with E-state index in [1.54, 1.807) is 5.56 Å². The second-order valence-corrected chi connectivity index (χ2v) is 9.55. The largest absolute Gasteiger partial charge is 0.216 e. The third-order valence-corrected chi connectivity index (χ3v) is 7.49. The zero-order valence-corrected chi connectivity index (χ0v) is 19.1. The van der Waals surface area contributed by atoms with E-state index in [0.717, 1.165) is 12.8 Å². The van der Waals surface area contributed by atoms with Crippen LogP contribution in [0.1, 0.15) is 44.5 Å². The van der Waals surface area contributed by atoms with Gasteiger partial charge in [-0.15, -0.1) is 0 Å². The Labute approximate surface area is 185 Å². The number of nitrogens with zero attached hydrogens (tertiary/aromatic N) is 1. The molecule has 0 amide bonds. The zero-order valence-electron chi connectivity index (χ0n) is 19.1. The van der Waals surface area contributed by atoms with Gasteiger partial charge < -0.3 is 0 Å². The standard InChI is InChI=1S/C30H28N/c1-17-6-7-21-15-27-23(26(21)13-17)9-8-22-24-10-11-31(5)30(29(24)16-28(22)27)25-14-18(2)12-19(3)20(25)4/h6-14H,15-16H2,1-5H3/q+1. The lowest BCUT2D eigenvalue weighted by Crippen LogP contribution is -2.32. The second kappa shape index (κ2) is 6.40. The first-order chi connectivity index (χ1) is 14.9. The number of fused-ring (bicyclic) bond motifs is 7. The van der Waals surface area contributed by atoms with Gasteiger partial charge in [0.1, 0.15) is 7.05 Å². The van der Waals surface area contributed by atoms with Crippen molar-refractivity contribution in [2.24, 2.45) is 7.05 Å². The molecule has 2 aliphatic carbocycles. The normalized spacial score (nSPS) is 13.1. The first-order valence-electron chi connectivity index (χ1n) is 11.3. The Morgan fingerprint density at radius 2 is 1.29 bits per heavy atom. The molecule has 0 fully saturated rings. The Balaban J connectivity index is 1.56. The molecular weight excluding hydrogens is 374 g/mol. The van der Waals surface area contributed by atoms with Gasteiger partial charge in [0.15, 0.2) is 6.20 Å². The number of aromatic nitrogens is 1. The van der Waals surface area contributed by atoms with Crippen LogP contribution in [0, 0.1) is 27.7 Å². The van der Waals surface area contributed by atoms with Crippen molar-refractivity contribution < 1.29 is 4.57 Å². The number of pyridine rings is 1. The summed E-state index contributed by atoms with van der Waals surface area (Å²) in [6.45, 7) is 8.90. The molecule has 0 bridgehead atoms. The smallest absolute Gasteiger partial charge is 0.201 e. The number of aryl methyl sites for hydroxylation is 4. The van der Waals surface area contributed by atoms with Gasteiger partial charge >= 0.3 is 0 Å². The summed E-state index contributed by atoms with van der Waals surface area (Å²) in [5, 5.41) is 0. The Morgan fingerprint density at radius 1 is 0.613 bits per heavy atom. The average Bonchev–Trinajstić information content (AvgIpc) is 3.29. The van der Waals surface area contributed by atoms with Gasteiger partial charge in [-0.25, -0.2) is 4.57 Å². The quantitative estimate of drug-likeness (QED) is 0.274. The Kier molecular flexibility index (Phi) is 3.84. The highest BCUT2D eigenvalue weighted by Crippen LogP contribution is 2.48. The van der Waals surface area contributed by atoms with Crippen molar-refractivity contribution in [3.63, 3.8) is 0 Å². The highest BCUT2D eigenvalue weighted by atomic mass is 14.9. The summed E-state index contributed by atoms with van der Waals surface area (Å²) < 4.78 is 2.32. The van der Waals surface area contributed by atoms with Crippen molar-refractivity contribution in [1.82, 2.24) is 0 Å². The summed E-state index contributed by atoms with van der Waals surface area (Å²) in [5.74, 6) is 0. The first-order valence-corrected chi connectivity index (χ1v) is 11.3. The average molecular weight is 403 g/mol. The van der Waals surface area contributed by atoms with Crippen molar-refractivity contribution in [3.8, 4) is 33.5 Å². The van der Waals surface area contributed by atoms with E-state index in [9.17, 15) is 0 Å². The molecule has 0 unspecified atom stereocenters. The van der Waals surface area contributed by atoms with Crippen LogP contribution >= 0.6 is 0 Å². The van der Waals surface area contributed by atoms with Gasteiger partial charge in [0.25, 0.3) is 0 Å². The first kappa shape index (κ1) is 18.6. The molecule has 31 heavy (non-hydrogen) atoms. The molecule has 0 N–H and O–H groups in total. The molecule has 1 nitrogen and oxygen atoms in total. The SMILES string of the molecule is Cc1ccc2c(c1)-c1ccc3c(c1C2)Cc1c-3cc[n+](C)c1-c1cc(C)cc(C)c1C. The zero-order chi connectivity index (χ0) is 21.4. The Bertz CT molecular complexity index is 1420. The van der Waals surface area contributed by atoms with Crippen molar-refractivity contribution in [2.45, 2.75) is 40.5 Å². The van der Waals surface area contributed by atoms with Crippen LogP contribution in [0.25, 0.3) is 33.5 Å². The molecule has 0 radical (unpaired) electrons. The summed E-state index contributed by atoms with van der Waals surface area (Å²) in [5.41, 5.74) is 19.9. The molecule has 0 saturated heterocycles. The van der Waals surface area contributed by atoms with E-state index in [1.165, 1.54) is 72.5 Å². The molecule has 0 aliphatic heterocycles. The van der Waals surface area contributed by atoms with E-state index in [-0.39, 0.29) is 0 Å². The lowest BCUT2D eigenvalue weighted by molar-refractivity contribution is -0.660. The molecule has 152 valence electrons. The van der Waals surface area contributed by atoms with E-state index < -0.39 is 0 Å². The lowest BCUT2D eigenvalue weighted by Gasteiger charge is -2.12. The van der Waals surface area contributed by atoms with Crippen LogP contribution in [0.3, 0.4) is 0 Å². The molecular formula is C30H28N+. The summed E-state index contributed by atoms with van der Waals surface area (Å²) in [4.78, 5) is 0. The number of hydrogen-bond donors (Lipinski definition) is 0. The van der Waals surface area contributed by atoms with Gasteiger partial charge in [-0.05, 0) is 90.3 Å². The van der Waals surface area contributed by atoms with Crippen molar-refractivity contribution in [1.29, 1.82) is 0 Å². The summed E-state index contributed by atoms with van der Waals surface area (Å²) in [6, 6.07) is 18.6. The van der Waals surface area contributed by atoms with Crippen LogP contribution in [0.15, 0.2) is 54.7 Å². The molecule has 6 rings (SSSR count). The maximum atomic E-state index is 2.37.